The Morgan fingerprint density at radius 1 is 1.12 bits per heavy atom. The first-order valence-corrected chi connectivity index (χ1v) is 12.7. The Labute approximate surface area is 190 Å². The van der Waals surface area contributed by atoms with E-state index < -0.39 is 20.7 Å². The molecule has 1 aromatic heterocycles. The number of imidazole rings is 1. The molecule has 2 heterocycles. The van der Waals surface area contributed by atoms with E-state index in [0.29, 0.717) is 18.7 Å². The zero-order valence-electron chi connectivity index (χ0n) is 18.3. The van der Waals surface area contributed by atoms with Crippen molar-refractivity contribution in [3.63, 3.8) is 0 Å². The van der Waals surface area contributed by atoms with Crippen molar-refractivity contribution in [2.24, 2.45) is 0 Å². The van der Waals surface area contributed by atoms with Gasteiger partial charge < -0.3 is 24.3 Å². The zero-order chi connectivity index (χ0) is 22.7. The minimum atomic E-state index is -1.73. The van der Waals surface area contributed by atoms with Gasteiger partial charge in [0.05, 0.1) is 31.5 Å². The maximum absolute atomic E-state index is 10.1. The predicted octanol–water partition coefficient (Wildman–Crippen LogP) is 2.27. The molecule has 3 atom stereocenters. The van der Waals surface area contributed by atoms with Crippen LogP contribution in [0.4, 0.5) is 0 Å². The fraction of sp³-hybridized carbons (Fsp3) is 0.320. The van der Waals surface area contributed by atoms with Crippen molar-refractivity contribution in [3.8, 4) is 11.1 Å². The van der Waals surface area contributed by atoms with Crippen LogP contribution in [0.25, 0.3) is 17.2 Å². The van der Waals surface area contributed by atoms with Gasteiger partial charge in [-0.25, -0.2) is 4.98 Å². The van der Waals surface area contributed by atoms with Crippen molar-refractivity contribution >= 4 is 20.6 Å². The zero-order valence-corrected chi connectivity index (χ0v) is 19.3. The average molecular weight is 450 g/mol. The highest BCUT2D eigenvalue weighted by Gasteiger charge is 2.28. The van der Waals surface area contributed by atoms with Gasteiger partial charge in [-0.05, 0) is 35.7 Å². The molecule has 6 nitrogen and oxygen atoms in total. The molecule has 1 aliphatic heterocycles. The maximum Gasteiger partial charge on any atom is 0.283 e. The molecule has 3 N–H and O–H groups in total. The van der Waals surface area contributed by atoms with Crippen LogP contribution in [0.5, 0.6) is 0 Å². The van der Waals surface area contributed by atoms with E-state index in [0.717, 1.165) is 22.3 Å². The lowest BCUT2D eigenvalue weighted by molar-refractivity contribution is 0.124. The Kier molecular flexibility index (Phi) is 6.73. The van der Waals surface area contributed by atoms with Crippen LogP contribution in [0, 0.1) is 0 Å². The number of aromatic nitrogens is 2. The lowest BCUT2D eigenvalue weighted by Gasteiger charge is -2.28. The fourth-order valence-electron chi connectivity index (χ4n) is 4.04. The predicted molar refractivity (Wildman–Crippen MR) is 127 cm³/mol. The first kappa shape index (κ1) is 22.6. The largest absolute Gasteiger partial charge is 0.425 e. The van der Waals surface area contributed by atoms with Crippen molar-refractivity contribution in [2.75, 3.05) is 19.8 Å². The molecule has 0 bridgehead atoms. The Bertz CT molecular complexity index is 1060. The van der Waals surface area contributed by atoms with Gasteiger partial charge in [-0.15, -0.1) is 0 Å². The SMILES string of the molecule is C[Si](O)c1nccn1[C@](C)(/C=C/c1ccc(-c2ccc([C@H]3COC[C@@H]3O)cc2)cc1)CO. The summed E-state index contributed by atoms with van der Waals surface area (Å²) in [5, 5.41) is 20.1. The van der Waals surface area contributed by atoms with Gasteiger partial charge in [-0.3, -0.25) is 0 Å². The molecule has 7 heteroatoms. The molecule has 0 aliphatic carbocycles. The first-order chi connectivity index (χ1) is 15.4. The molecule has 32 heavy (non-hydrogen) atoms. The molecule has 0 unspecified atom stereocenters. The normalized spacial score (nSPS) is 20.8. The number of ether oxygens (including phenoxy) is 1. The lowest BCUT2D eigenvalue weighted by Crippen LogP contribution is -2.45. The van der Waals surface area contributed by atoms with Gasteiger partial charge >= 0.3 is 0 Å². The standard InChI is InChI=1S/C25H29N2O4Si/c1-25(17-28,27-14-13-26-24(27)32(2)30)12-11-18-3-5-19(6-4-18)20-7-9-21(10-8-20)22-15-31-16-23(22)29/h3-14,22-23,28-30H,15-17H2,1-2H3/b12-11+/t22-,23+,25-/m1/s1. The van der Waals surface area contributed by atoms with E-state index in [1.807, 2.05) is 35.8 Å². The van der Waals surface area contributed by atoms with Crippen LogP contribution in [-0.4, -0.2) is 59.5 Å². The molecule has 1 aliphatic rings. The van der Waals surface area contributed by atoms with E-state index in [1.54, 1.807) is 18.9 Å². The molecule has 167 valence electrons. The maximum atomic E-state index is 10.1. The van der Waals surface area contributed by atoms with Gasteiger partial charge in [0.15, 0.2) is 0 Å². The van der Waals surface area contributed by atoms with Crippen LogP contribution in [0.2, 0.25) is 6.55 Å². The molecule has 1 saturated heterocycles. The molecule has 1 fully saturated rings. The topological polar surface area (TPSA) is 87.7 Å². The Morgan fingerprint density at radius 2 is 1.78 bits per heavy atom. The van der Waals surface area contributed by atoms with Crippen LogP contribution < -0.4 is 5.45 Å². The quantitative estimate of drug-likeness (QED) is 0.482. The summed E-state index contributed by atoms with van der Waals surface area (Å²) >= 11 is 0. The number of benzene rings is 2. The summed E-state index contributed by atoms with van der Waals surface area (Å²) in [4.78, 5) is 14.3. The molecular formula is C25H29N2O4Si. The van der Waals surface area contributed by atoms with E-state index in [4.69, 9.17) is 4.74 Å². The van der Waals surface area contributed by atoms with Crippen molar-refractivity contribution in [1.29, 1.82) is 0 Å². The van der Waals surface area contributed by atoms with E-state index in [2.05, 4.69) is 41.4 Å². The highest BCUT2D eigenvalue weighted by molar-refractivity contribution is 6.63. The number of aliphatic hydroxyl groups is 2. The number of nitrogens with zero attached hydrogens (tertiary/aromatic N) is 2. The van der Waals surface area contributed by atoms with Crippen molar-refractivity contribution in [3.05, 3.63) is 78.1 Å². The Morgan fingerprint density at radius 3 is 2.34 bits per heavy atom. The molecule has 4 rings (SSSR count). The monoisotopic (exact) mass is 449 g/mol. The minimum absolute atomic E-state index is 0.0455. The third-order valence-electron chi connectivity index (χ3n) is 6.10. The van der Waals surface area contributed by atoms with Gasteiger partial charge in [-0.1, -0.05) is 60.7 Å². The van der Waals surface area contributed by atoms with Gasteiger partial charge in [0.2, 0.25) is 0 Å². The summed E-state index contributed by atoms with van der Waals surface area (Å²) in [6.45, 7) is 4.54. The summed E-state index contributed by atoms with van der Waals surface area (Å²) in [5.41, 5.74) is 4.26. The van der Waals surface area contributed by atoms with E-state index in [1.165, 1.54) is 0 Å². The number of hydrogen-bond donors (Lipinski definition) is 3. The lowest BCUT2D eigenvalue weighted by atomic mass is 9.94. The Balaban J connectivity index is 1.49. The van der Waals surface area contributed by atoms with Crippen molar-refractivity contribution in [2.45, 2.75) is 31.0 Å². The van der Waals surface area contributed by atoms with Crippen LogP contribution in [0.1, 0.15) is 24.0 Å². The number of aliphatic hydroxyl groups excluding tert-OH is 2. The molecule has 0 amide bonds. The highest BCUT2D eigenvalue weighted by atomic mass is 28.3. The smallest absolute Gasteiger partial charge is 0.283 e. The van der Waals surface area contributed by atoms with E-state index in [-0.39, 0.29) is 12.5 Å². The van der Waals surface area contributed by atoms with Gasteiger partial charge in [0, 0.05) is 18.3 Å². The second-order valence-electron chi connectivity index (χ2n) is 8.51. The second kappa shape index (κ2) is 9.52. The highest BCUT2D eigenvalue weighted by Crippen LogP contribution is 2.28. The van der Waals surface area contributed by atoms with Gasteiger partial charge in [0.1, 0.15) is 5.45 Å². The van der Waals surface area contributed by atoms with E-state index >= 15 is 0 Å². The van der Waals surface area contributed by atoms with Crippen LogP contribution in [-0.2, 0) is 10.3 Å². The average Bonchev–Trinajstić information content (AvgIpc) is 3.48. The molecular weight excluding hydrogens is 420 g/mol. The van der Waals surface area contributed by atoms with Gasteiger partial charge in [-0.2, -0.15) is 0 Å². The van der Waals surface area contributed by atoms with Crippen LogP contribution in [0.3, 0.4) is 0 Å². The van der Waals surface area contributed by atoms with Gasteiger partial charge in [0.25, 0.3) is 9.04 Å². The molecule has 2 aromatic carbocycles. The summed E-state index contributed by atoms with van der Waals surface area (Å²) in [5.74, 6) is 0.0455. The second-order valence-corrected chi connectivity index (χ2v) is 10.1. The van der Waals surface area contributed by atoms with Crippen LogP contribution >= 0.6 is 0 Å². The number of rotatable bonds is 7. The summed E-state index contributed by atoms with van der Waals surface area (Å²) < 4.78 is 7.21. The van der Waals surface area contributed by atoms with Crippen LogP contribution in [0.15, 0.2) is 67.0 Å². The van der Waals surface area contributed by atoms with E-state index in [9.17, 15) is 15.0 Å². The third-order valence-corrected chi connectivity index (χ3v) is 7.12. The molecule has 0 saturated carbocycles. The molecule has 3 aromatic rings. The first-order valence-electron chi connectivity index (χ1n) is 10.7. The fourth-order valence-corrected chi connectivity index (χ4v) is 4.98. The van der Waals surface area contributed by atoms with Crippen molar-refractivity contribution < 1.29 is 19.7 Å². The number of hydrogen-bond acceptors (Lipinski definition) is 5. The minimum Gasteiger partial charge on any atom is -0.425 e. The molecule has 0 spiro atoms. The van der Waals surface area contributed by atoms with Crippen molar-refractivity contribution in [1.82, 2.24) is 9.55 Å². The summed E-state index contributed by atoms with van der Waals surface area (Å²) in [6, 6.07) is 16.5. The third kappa shape index (κ3) is 4.62. The Hall–Kier alpha value is -2.55. The summed E-state index contributed by atoms with van der Waals surface area (Å²) in [7, 11) is -1.73. The molecule has 1 radical (unpaired) electrons. The summed E-state index contributed by atoms with van der Waals surface area (Å²) in [6.07, 6.45) is 6.94.